The molecule has 0 radical (unpaired) electrons. The first-order valence-electron chi connectivity index (χ1n) is 5.98. The third-order valence-electron chi connectivity index (χ3n) is 3.12. The van der Waals surface area contributed by atoms with E-state index in [1.54, 1.807) is 0 Å². The molecule has 0 aliphatic heterocycles. The van der Waals surface area contributed by atoms with Crippen molar-refractivity contribution in [3.63, 3.8) is 0 Å². The average Bonchev–Trinajstić information content (AvgIpc) is 2.35. The maximum atomic E-state index is 9.71. The molecule has 0 heterocycles. The minimum absolute atomic E-state index is 0.0788. The van der Waals surface area contributed by atoms with Gasteiger partial charge in [0.05, 0.1) is 18.8 Å². The van der Waals surface area contributed by atoms with E-state index in [0.29, 0.717) is 6.61 Å². The van der Waals surface area contributed by atoms with Crippen molar-refractivity contribution < 1.29 is 9.84 Å². The maximum absolute atomic E-state index is 9.71. The third kappa shape index (κ3) is 3.95. The summed E-state index contributed by atoms with van der Waals surface area (Å²) in [5, 5.41) is 9.71. The number of hydrogen-bond donors (Lipinski definition) is 1. The van der Waals surface area contributed by atoms with E-state index in [1.807, 2.05) is 51.1 Å². The van der Waals surface area contributed by atoms with Gasteiger partial charge < -0.3 is 9.84 Å². The van der Waals surface area contributed by atoms with Crippen molar-refractivity contribution in [2.45, 2.75) is 46.0 Å². The second-order valence-electron chi connectivity index (χ2n) is 4.34. The van der Waals surface area contributed by atoms with Crippen molar-refractivity contribution >= 4 is 0 Å². The van der Waals surface area contributed by atoms with Crippen molar-refractivity contribution in [1.82, 2.24) is 0 Å². The molecule has 3 atom stereocenters. The summed E-state index contributed by atoms with van der Waals surface area (Å²) in [4.78, 5) is 0. The normalized spacial score (nSPS) is 16.8. The van der Waals surface area contributed by atoms with Crippen LogP contribution < -0.4 is 0 Å². The summed E-state index contributed by atoms with van der Waals surface area (Å²) in [5.74, 6) is 0.175. The summed E-state index contributed by atoms with van der Waals surface area (Å²) in [5.41, 5.74) is 1.17. The van der Waals surface area contributed by atoms with Gasteiger partial charge in [0, 0.05) is 5.92 Å². The van der Waals surface area contributed by atoms with Crippen molar-refractivity contribution in [2.24, 2.45) is 5.92 Å². The van der Waals surface area contributed by atoms with E-state index in [0.717, 1.165) is 6.42 Å². The van der Waals surface area contributed by atoms with Crippen LogP contribution >= 0.6 is 0 Å². The molecule has 0 aliphatic rings. The predicted molar refractivity (Wildman–Crippen MR) is 66.2 cm³/mol. The van der Waals surface area contributed by atoms with Gasteiger partial charge in [-0.1, -0.05) is 44.2 Å². The van der Waals surface area contributed by atoms with Gasteiger partial charge in [0.1, 0.15) is 0 Å². The number of aliphatic hydroxyl groups is 1. The smallest absolute Gasteiger partial charge is 0.0720 e. The first kappa shape index (κ1) is 13.2. The van der Waals surface area contributed by atoms with E-state index < -0.39 is 0 Å². The molecule has 1 aromatic carbocycles. The van der Waals surface area contributed by atoms with Crippen LogP contribution in [0.1, 0.15) is 32.8 Å². The Hall–Kier alpha value is -0.860. The number of ether oxygens (including phenoxy) is 1. The summed E-state index contributed by atoms with van der Waals surface area (Å²) in [6.07, 6.45) is 0.584. The fourth-order valence-corrected chi connectivity index (χ4v) is 1.64. The molecule has 0 amide bonds. The molecule has 0 aromatic heterocycles. The molecule has 0 saturated carbocycles. The highest BCUT2D eigenvalue weighted by atomic mass is 16.5. The minimum atomic E-state index is -0.272. The summed E-state index contributed by atoms with van der Waals surface area (Å²) in [6, 6.07) is 10.1. The van der Waals surface area contributed by atoms with Gasteiger partial charge in [-0.2, -0.15) is 0 Å². The van der Waals surface area contributed by atoms with Gasteiger partial charge in [0.15, 0.2) is 0 Å². The first-order chi connectivity index (χ1) is 7.65. The van der Waals surface area contributed by atoms with Crippen molar-refractivity contribution in [1.29, 1.82) is 0 Å². The zero-order valence-electron chi connectivity index (χ0n) is 10.4. The molecular weight excluding hydrogens is 200 g/mol. The first-order valence-corrected chi connectivity index (χ1v) is 5.98. The van der Waals surface area contributed by atoms with Crippen LogP contribution in [0.5, 0.6) is 0 Å². The van der Waals surface area contributed by atoms with Crippen LogP contribution in [0, 0.1) is 5.92 Å². The van der Waals surface area contributed by atoms with Gasteiger partial charge in [0.2, 0.25) is 0 Å². The molecule has 0 saturated heterocycles. The second kappa shape index (κ2) is 6.66. The lowest BCUT2D eigenvalue weighted by molar-refractivity contribution is -0.0287. The topological polar surface area (TPSA) is 29.5 Å². The Morgan fingerprint density at radius 2 is 1.81 bits per heavy atom. The fraction of sp³-hybridized carbons (Fsp3) is 0.571. The fourth-order valence-electron chi connectivity index (χ4n) is 1.64. The zero-order chi connectivity index (χ0) is 12.0. The van der Waals surface area contributed by atoms with Gasteiger partial charge in [-0.25, -0.2) is 0 Å². The molecule has 1 rings (SSSR count). The SMILES string of the molecule is CC[C@@H](O)[C@H](C)[C@H](C)OCc1ccccc1. The number of aliphatic hydroxyl groups excluding tert-OH is 1. The van der Waals surface area contributed by atoms with Gasteiger partial charge >= 0.3 is 0 Å². The lowest BCUT2D eigenvalue weighted by Gasteiger charge is -2.24. The Morgan fingerprint density at radius 3 is 2.38 bits per heavy atom. The Balaban J connectivity index is 2.38. The quantitative estimate of drug-likeness (QED) is 0.801. The molecule has 2 nitrogen and oxygen atoms in total. The lowest BCUT2D eigenvalue weighted by Crippen LogP contribution is -2.28. The highest BCUT2D eigenvalue weighted by molar-refractivity contribution is 5.13. The molecule has 90 valence electrons. The Bertz CT molecular complexity index is 284. The number of hydrogen-bond acceptors (Lipinski definition) is 2. The van der Waals surface area contributed by atoms with Crippen LogP contribution in [0.3, 0.4) is 0 Å². The average molecular weight is 222 g/mol. The van der Waals surface area contributed by atoms with E-state index >= 15 is 0 Å². The summed E-state index contributed by atoms with van der Waals surface area (Å²) >= 11 is 0. The van der Waals surface area contributed by atoms with E-state index in [4.69, 9.17) is 4.74 Å². The Morgan fingerprint density at radius 1 is 1.19 bits per heavy atom. The molecule has 1 aromatic rings. The van der Waals surface area contributed by atoms with Crippen LogP contribution in [-0.2, 0) is 11.3 Å². The number of benzene rings is 1. The van der Waals surface area contributed by atoms with E-state index in [1.165, 1.54) is 5.56 Å². The Kier molecular flexibility index (Phi) is 5.50. The second-order valence-corrected chi connectivity index (χ2v) is 4.34. The zero-order valence-corrected chi connectivity index (χ0v) is 10.4. The van der Waals surface area contributed by atoms with Crippen LogP contribution in [-0.4, -0.2) is 17.3 Å². The van der Waals surface area contributed by atoms with Crippen LogP contribution in [0.25, 0.3) is 0 Å². The molecule has 0 unspecified atom stereocenters. The van der Waals surface area contributed by atoms with Crippen molar-refractivity contribution in [3.05, 3.63) is 35.9 Å². The van der Waals surface area contributed by atoms with Crippen LogP contribution in [0.4, 0.5) is 0 Å². The maximum Gasteiger partial charge on any atom is 0.0720 e. The van der Waals surface area contributed by atoms with Gasteiger partial charge in [-0.15, -0.1) is 0 Å². The van der Waals surface area contributed by atoms with E-state index in [-0.39, 0.29) is 18.1 Å². The highest BCUT2D eigenvalue weighted by Gasteiger charge is 2.19. The summed E-state index contributed by atoms with van der Waals surface area (Å²) < 4.78 is 5.75. The molecule has 16 heavy (non-hydrogen) atoms. The van der Waals surface area contributed by atoms with Crippen molar-refractivity contribution in [3.8, 4) is 0 Å². The molecule has 1 N–H and O–H groups in total. The monoisotopic (exact) mass is 222 g/mol. The van der Waals surface area contributed by atoms with E-state index in [9.17, 15) is 5.11 Å². The molecule has 0 bridgehead atoms. The molecule has 0 fully saturated rings. The molecular formula is C14H22O2. The standard InChI is InChI=1S/C14H22O2/c1-4-14(15)11(2)12(3)16-10-13-8-6-5-7-9-13/h5-9,11-12,14-15H,4,10H2,1-3H3/t11-,12+,14-/m1/s1. The van der Waals surface area contributed by atoms with Crippen LogP contribution in [0.2, 0.25) is 0 Å². The molecule has 2 heteroatoms. The van der Waals surface area contributed by atoms with Crippen LogP contribution in [0.15, 0.2) is 30.3 Å². The predicted octanol–water partition coefficient (Wildman–Crippen LogP) is 3.00. The Labute approximate surface area is 98.3 Å². The number of rotatable bonds is 6. The lowest BCUT2D eigenvalue weighted by atomic mass is 9.97. The highest BCUT2D eigenvalue weighted by Crippen LogP contribution is 2.16. The van der Waals surface area contributed by atoms with E-state index in [2.05, 4.69) is 0 Å². The van der Waals surface area contributed by atoms with Crippen molar-refractivity contribution in [2.75, 3.05) is 0 Å². The largest absolute Gasteiger partial charge is 0.393 e. The molecule has 0 spiro atoms. The van der Waals surface area contributed by atoms with Gasteiger partial charge in [-0.3, -0.25) is 0 Å². The third-order valence-corrected chi connectivity index (χ3v) is 3.12. The van der Waals surface area contributed by atoms with Gasteiger partial charge in [0.25, 0.3) is 0 Å². The minimum Gasteiger partial charge on any atom is -0.393 e. The summed E-state index contributed by atoms with van der Waals surface area (Å²) in [6.45, 7) is 6.66. The van der Waals surface area contributed by atoms with Gasteiger partial charge in [-0.05, 0) is 18.9 Å². The summed E-state index contributed by atoms with van der Waals surface area (Å²) in [7, 11) is 0. The molecule has 0 aliphatic carbocycles.